The molecule has 0 saturated carbocycles. The maximum Gasteiger partial charge on any atom is 0.410 e. The molecule has 32 heavy (non-hydrogen) atoms. The molecule has 9 nitrogen and oxygen atoms in total. The first-order valence-corrected chi connectivity index (χ1v) is 12.3. The zero-order chi connectivity index (χ0) is 23.5. The topological polar surface area (TPSA) is 102 Å². The van der Waals surface area contributed by atoms with Crippen molar-refractivity contribution in [1.29, 1.82) is 0 Å². The van der Waals surface area contributed by atoms with Crippen LogP contribution >= 0.6 is 0 Å². The molecule has 0 spiro atoms. The molecule has 1 aromatic carbocycles. The molecule has 2 heterocycles. The Kier molecular flexibility index (Phi) is 6.92. The summed E-state index contributed by atoms with van der Waals surface area (Å²) in [5, 5.41) is 0. The molecule has 1 aliphatic rings. The number of rotatable bonds is 5. The van der Waals surface area contributed by atoms with Crippen molar-refractivity contribution in [2.75, 3.05) is 37.3 Å². The van der Waals surface area contributed by atoms with E-state index >= 15 is 0 Å². The Hall–Kier alpha value is -2.88. The highest BCUT2D eigenvalue weighted by Crippen LogP contribution is 2.19. The summed E-state index contributed by atoms with van der Waals surface area (Å²) in [6.07, 6.45) is 4.11. The predicted molar refractivity (Wildman–Crippen MR) is 121 cm³/mol. The number of aromatic nitrogens is 2. The number of nitrogens with zero attached hydrogens (tertiary/aromatic N) is 4. The van der Waals surface area contributed by atoms with Crippen molar-refractivity contribution in [3.63, 3.8) is 0 Å². The largest absolute Gasteiger partial charge is 0.486 e. The van der Waals surface area contributed by atoms with E-state index in [9.17, 15) is 13.2 Å². The Morgan fingerprint density at radius 2 is 1.72 bits per heavy atom. The average molecular weight is 463 g/mol. The normalized spacial score (nSPS) is 14.9. The maximum atomic E-state index is 12.2. The first-order valence-electron chi connectivity index (χ1n) is 10.4. The first-order chi connectivity index (χ1) is 14.9. The Bertz CT molecular complexity index is 1060. The van der Waals surface area contributed by atoms with E-state index in [1.54, 1.807) is 35.5 Å². The van der Waals surface area contributed by atoms with Gasteiger partial charge in [0.2, 0.25) is 5.95 Å². The summed E-state index contributed by atoms with van der Waals surface area (Å²) < 4.78 is 34.5. The highest BCUT2D eigenvalue weighted by molar-refractivity contribution is 7.90. The molecular formula is C22H30N4O5S. The van der Waals surface area contributed by atoms with Crippen LogP contribution in [0.3, 0.4) is 0 Å². The molecule has 0 unspecified atom stereocenters. The second-order valence-corrected chi connectivity index (χ2v) is 10.8. The molecule has 3 rings (SSSR count). The number of carbonyl (C=O) groups is 1. The van der Waals surface area contributed by atoms with Gasteiger partial charge in [0.05, 0.1) is 17.3 Å². The number of hydrogen-bond acceptors (Lipinski definition) is 8. The lowest BCUT2D eigenvalue weighted by atomic mass is 10.1. The minimum absolute atomic E-state index is 0.285. The van der Waals surface area contributed by atoms with Gasteiger partial charge < -0.3 is 19.3 Å². The maximum absolute atomic E-state index is 12.2. The number of piperazine rings is 1. The molecule has 0 atom stereocenters. The third-order valence-corrected chi connectivity index (χ3v) is 6.08. The lowest BCUT2D eigenvalue weighted by molar-refractivity contribution is 0.0240. The van der Waals surface area contributed by atoms with Crippen molar-refractivity contribution in [3.8, 4) is 5.75 Å². The molecule has 0 radical (unpaired) electrons. The van der Waals surface area contributed by atoms with Crippen LogP contribution in [0, 0.1) is 6.92 Å². The second kappa shape index (κ2) is 9.32. The van der Waals surface area contributed by atoms with E-state index in [1.807, 2.05) is 32.6 Å². The zero-order valence-electron chi connectivity index (χ0n) is 19.2. The van der Waals surface area contributed by atoms with Gasteiger partial charge in [-0.1, -0.05) is 6.07 Å². The fraction of sp³-hybridized carbons (Fsp3) is 0.500. The van der Waals surface area contributed by atoms with Crippen LogP contribution in [0.1, 0.15) is 31.9 Å². The fourth-order valence-electron chi connectivity index (χ4n) is 3.18. The number of benzene rings is 1. The molecule has 10 heteroatoms. The van der Waals surface area contributed by atoms with Gasteiger partial charge in [0.15, 0.2) is 15.6 Å². The fourth-order valence-corrected chi connectivity index (χ4v) is 3.89. The van der Waals surface area contributed by atoms with Crippen molar-refractivity contribution in [2.45, 2.75) is 44.8 Å². The summed E-state index contributed by atoms with van der Waals surface area (Å²) in [5.41, 5.74) is 1.22. The zero-order valence-corrected chi connectivity index (χ0v) is 20.0. The van der Waals surface area contributed by atoms with E-state index in [0.717, 1.165) is 11.1 Å². The summed E-state index contributed by atoms with van der Waals surface area (Å²) in [4.78, 5) is 25.0. The minimum atomic E-state index is -3.24. The number of carbonyl (C=O) groups excluding carboxylic acids is 1. The number of amides is 1. The van der Waals surface area contributed by atoms with Crippen molar-refractivity contribution in [2.24, 2.45) is 0 Å². The van der Waals surface area contributed by atoms with Crippen LogP contribution in [0.5, 0.6) is 5.75 Å². The molecule has 0 aliphatic carbocycles. The van der Waals surface area contributed by atoms with Gasteiger partial charge in [0.1, 0.15) is 12.2 Å². The van der Waals surface area contributed by atoms with E-state index < -0.39 is 15.4 Å². The molecule has 1 aliphatic heterocycles. The Morgan fingerprint density at radius 3 is 2.25 bits per heavy atom. The quantitative estimate of drug-likeness (QED) is 0.668. The lowest BCUT2D eigenvalue weighted by Gasteiger charge is -2.35. The Balaban J connectivity index is 1.53. The van der Waals surface area contributed by atoms with Crippen molar-refractivity contribution in [3.05, 3.63) is 41.7 Å². The van der Waals surface area contributed by atoms with E-state index in [4.69, 9.17) is 9.47 Å². The summed E-state index contributed by atoms with van der Waals surface area (Å²) >= 11 is 0. The summed E-state index contributed by atoms with van der Waals surface area (Å²) in [5.74, 6) is 1.10. The van der Waals surface area contributed by atoms with Crippen molar-refractivity contribution >= 4 is 21.9 Å². The van der Waals surface area contributed by atoms with Crippen LogP contribution in [0.4, 0.5) is 10.7 Å². The van der Waals surface area contributed by atoms with Gasteiger partial charge in [-0.25, -0.2) is 23.2 Å². The van der Waals surface area contributed by atoms with Gasteiger partial charge in [-0.3, -0.25) is 0 Å². The van der Waals surface area contributed by atoms with Crippen molar-refractivity contribution in [1.82, 2.24) is 14.9 Å². The highest BCUT2D eigenvalue weighted by atomic mass is 32.2. The summed E-state index contributed by atoms with van der Waals surface area (Å²) in [6.45, 7) is 10.0. The number of ether oxygens (including phenoxy) is 2. The highest BCUT2D eigenvalue weighted by Gasteiger charge is 2.26. The molecule has 0 bridgehead atoms. The van der Waals surface area contributed by atoms with E-state index in [-0.39, 0.29) is 12.7 Å². The van der Waals surface area contributed by atoms with Gasteiger partial charge in [-0.15, -0.1) is 0 Å². The molecule has 2 aromatic rings. The van der Waals surface area contributed by atoms with Crippen LogP contribution in [0.15, 0.2) is 35.5 Å². The number of anilines is 1. The van der Waals surface area contributed by atoms with Crippen LogP contribution in [-0.2, 0) is 21.2 Å². The standard InChI is InChI=1S/C22H30N4O5S/c1-16-12-19(32(5,28)29)7-6-17(16)15-30-18-13-23-20(24-14-18)25-8-10-26(11-9-25)21(27)31-22(2,3)4/h6-7,12-14H,8-11,15H2,1-5H3. The monoisotopic (exact) mass is 462 g/mol. The number of sulfone groups is 1. The van der Waals surface area contributed by atoms with Crippen molar-refractivity contribution < 1.29 is 22.7 Å². The van der Waals surface area contributed by atoms with Gasteiger partial charge >= 0.3 is 6.09 Å². The SMILES string of the molecule is Cc1cc(S(C)(=O)=O)ccc1COc1cnc(N2CCN(C(=O)OC(C)(C)C)CC2)nc1. The van der Waals surface area contributed by atoms with Gasteiger partial charge in [-0.2, -0.15) is 0 Å². The summed E-state index contributed by atoms with van der Waals surface area (Å²) in [7, 11) is -3.24. The van der Waals surface area contributed by atoms with Crippen LogP contribution in [0.25, 0.3) is 0 Å². The average Bonchev–Trinajstić information content (AvgIpc) is 2.71. The predicted octanol–water partition coefficient (Wildman–Crippen LogP) is 2.82. The smallest absolute Gasteiger partial charge is 0.410 e. The number of aryl methyl sites for hydroxylation is 1. The Morgan fingerprint density at radius 1 is 1.09 bits per heavy atom. The van der Waals surface area contributed by atoms with Gasteiger partial charge in [-0.05, 0) is 51.0 Å². The third kappa shape index (κ3) is 6.32. The molecule has 1 aromatic heterocycles. The summed E-state index contributed by atoms with van der Waals surface area (Å²) in [6, 6.07) is 4.98. The van der Waals surface area contributed by atoms with Gasteiger partial charge in [0.25, 0.3) is 0 Å². The van der Waals surface area contributed by atoms with E-state index in [0.29, 0.717) is 42.8 Å². The molecular weight excluding hydrogens is 432 g/mol. The minimum Gasteiger partial charge on any atom is -0.486 e. The Labute approximate surface area is 189 Å². The lowest BCUT2D eigenvalue weighted by Crippen LogP contribution is -2.50. The second-order valence-electron chi connectivity index (χ2n) is 8.82. The number of hydrogen-bond donors (Lipinski definition) is 0. The molecule has 174 valence electrons. The van der Waals surface area contributed by atoms with Crippen LogP contribution in [0.2, 0.25) is 0 Å². The third-order valence-electron chi connectivity index (χ3n) is 4.97. The van der Waals surface area contributed by atoms with Crippen LogP contribution < -0.4 is 9.64 Å². The first kappa shape index (κ1) is 23.8. The van der Waals surface area contributed by atoms with Crippen LogP contribution in [-0.4, -0.2) is 67.4 Å². The molecule has 1 fully saturated rings. The van der Waals surface area contributed by atoms with Gasteiger partial charge in [0, 0.05) is 32.4 Å². The van der Waals surface area contributed by atoms with E-state index in [1.165, 1.54) is 6.26 Å². The van der Waals surface area contributed by atoms with E-state index in [2.05, 4.69) is 9.97 Å². The molecule has 1 saturated heterocycles. The molecule has 0 N–H and O–H groups in total. The molecule has 1 amide bonds.